The molecule has 0 spiro atoms. The second kappa shape index (κ2) is 5.05. The van der Waals surface area contributed by atoms with E-state index in [4.69, 9.17) is 11.5 Å². The number of imidazole rings is 1. The zero-order valence-electron chi connectivity index (χ0n) is 10.1. The SMILES string of the molecule is CC(C)Nc1ncc(-c2csc(N=C(N)N)n2)[nH]1. The van der Waals surface area contributed by atoms with Crippen LogP contribution in [-0.4, -0.2) is 27.0 Å². The van der Waals surface area contributed by atoms with Crippen LogP contribution < -0.4 is 16.8 Å². The minimum absolute atomic E-state index is 0.00248. The van der Waals surface area contributed by atoms with Crippen LogP contribution >= 0.6 is 11.3 Å². The van der Waals surface area contributed by atoms with Crippen LogP contribution in [0.3, 0.4) is 0 Å². The summed E-state index contributed by atoms with van der Waals surface area (Å²) in [6.07, 6.45) is 1.72. The first-order valence-electron chi connectivity index (χ1n) is 5.41. The number of hydrogen-bond donors (Lipinski definition) is 4. The third-order valence-electron chi connectivity index (χ3n) is 1.99. The van der Waals surface area contributed by atoms with Crippen LogP contribution in [0.25, 0.3) is 11.4 Å². The number of H-pyrrole nitrogens is 1. The minimum atomic E-state index is 0.00248. The van der Waals surface area contributed by atoms with E-state index in [2.05, 4.69) is 25.3 Å². The Labute approximate surface area is 108 Å². The molecule has 2 rings (SSSR count). The van der Waals surface area contributed by atoms with E-state index in [1.807, 2.05) is 19.2 Å². The molecule has 0 saturated heterocycles. The number of nitrogens with two attached hydrogens (primary N) is 2. The molecule has 2 heterocycles. The first-order chi connectivity index (χ1) is 8.54. The maximum absolute atomic E-state index is 5.30. The number of anilines is 1. The molecular formula is C10H15N7S. The molecule has 0 atom stereocenters. The van der Waals surface area contributed by atoms with Crippen LogP contribution in [0.1, 0.15) is 13.8 Å². The third-order valence-corrected chi connectivity index (χ3v) is 2.73. The number of hydrogen-bond acceptors (Lipinski definition) is 5. The topological polar surface area (TPSA) is 118 Å². The zero-order chi connectivity index (χ0) is 13.1. The van der Waals surface area contributed by atoms with Crippen molar-refractivity contribution in [1.82, 2.24) is 15.0 Å². The number of nitrogens with zero attached hydrogens (tertiary/aromatic N) is 3. The van der Waals surface area contributed by atoms with Crippen LogP contribution in [0.4, 0.5) is 11.1 Å². The molecule has 0 unspecified atom stereocenters. The number of guanidine groups is 1. The van der Waals surface area contributed by atoms with Crippen LogP contribution in [0, 0.1) is 0 Å². The number of rotatable bonds is 4. The molecule has 2 aromatic heterocycles. The van der Waals surface area contributed by atoms with Crippen molar-refractivity contribution >= 4 is 28.4 Å². The number of aromatic amines is 1. The Balaban J connectivity index is 2.18. The summed E-state index contributed by atoms with van der Waals surface area (Å²) in [6, 6.07) is 0.316. The molecule has 96 valence electrons. The first-order valence-corrected chi connectivity index (χ1v) is 6.29. The summed E-state index contributed by atoms with van der Waals surface area (Å²) < 4.78 is 0. The van der Waals surface area contributed by atoms with Gasteiger partial charge in [0, 0.05) is 11.4 Å². The lowest BCUT2D eigenvalue weighted by Gasteiger charge is -2.04. The lowest BCUT2D eigenvalue weighted by atomic mass is 10.4. The maximum Gasteiger partial charge on any atom is 0.212 e. The van der Waals surface area contributed by atoms with Crippen molar-refractivity contribution in [3.8, 4) is 11.4 Å². The van der Waals surface area contributed by atoms with Gasteiger partial charge in [-0.3, -0.25) is 0 Å². The monoisotopic (exact) mass is 265 g/mol. The Morgan fingerprint density at radius 3 is 2.94 bits per heavy atom. The Hall–Kier alpha value is -2.09. The molecule has 6 N–H and O–H groups in total. The van der Waals surface area contributed by atoms with Crippen LogP contribution in [0.15, 0.2) is 16.6 Å². The Morgan fingerprint density at radius 2 is 2.28 bits per heavy atom. The maximum atomic E-state index is 5.30. The highest BCUT2D eigenvalue weighted by Crippen LogP contribution is 2.26. The molecule has 2 aromatic rings. The van der Waals surface area contributed by atoms with Gasteiger partial charge in [0.1, 0.15) is 5.69 Å². The smallest absolute Gasteiger partial charge is 0.212 e. The molecule has 7 nitrogen and oxygen atoms in total. The molecule has 0 radical (unpaired) electrons. The van der Waals surface area contributed by atoms with E-state index < -0.39 is 0 Å². The fourth-order valence-electron chi connectivity index (χ4n) is 1.35. The van der Waals surface area contributed by atoms with Gasteiger partial charge in [0.15, 0.2) is 5.96 Å². The Bertz CT molecular complexity index is 550. The summed E-state index contributed by atoms with van der Waals surface area (Å²) in [5, 5.41) is 5.57. The third kappa shape index (κ3) is 2.98. The number of thiazole rings is 1. The van der Waals surface area contributed by atoms with E-state index in [1.54, 1.807) is 6.20 Å². The molecule has 0 bridgehead atoms. The summed E-state index contributed by atoms with van der Waals surface area (Å²) in [4.78, 5) is 15.5. The van der Waals surface area contributed by atoms with Crippen molar-refractivity contribution in [2.45, 2.75) is 19.9 Å². The van der Waals surface area contributed by atoms with E-state index in [9.17, 15) is 0 Å². The van der Waals surface area contributed by atoms with E-state index in [1.165, 1.54) is 11.3 Å². The lowest BCUT2D eigenvalue weighted by Crippen LogP contribution is -2.21. The quantitative estimate of drug-likeness (QED) is 0.490. The fourth-order valence-corrected chi connectivity index (χ4v) is 2.05. The minimum Gasteiger partial charge on any atom is -0.370 e. The zero-order valence-corrected chi connectivity index (χ0v) is 11.0. The predicted molar refractivity (Wildman–Crippen MR) is 73.9 cm³/mol. The molecule has 0 fully saturated rings. The fraction of sp³-hybridized carbons (Fsp3) is 0.300. The number of aromatic nitrogens is 3. The summed E-state index contributed by atoms with van der Waals surface area (Å²) in [6.45, 7) is 4.09. The highest BCUT2D eigenvalue weighted by Gasteiger charge is 2.08. The highest BCUT2D eigenvalue weighted by molar-refractivity contribution is 7.13. The standard InChI is InChI=1S/C10H15N7S/c1-5(2)14-9-13-3-6(15-9)7-4-18-10(16-7)17-8(11)12/h3-5H,1-2H3,(H2,13,14,15)(H4,11,12,16,17). The van der Waals surface area contributed by atoms with E-state index in [0.717, 1.165) is 17.3 Å². The van der Waals surface area contributed by atoms with Crippen molar-refractivity contribution in [3.05, 3.63) is 11.6 Å². The lowest BCUT2D eigenvalue weighted by molar-refractivity contribution is 0.882. The van der Waals surface area contributed by atoms with Gasteiger partial charge in [-0.05, 0) is 13.8 Å². The molecule has 0 aromatic carbocycles. The van der Waals surface area contributed by atoms with Gasteiger partial charge in [-0.2, -0.15) is 4.99 Å². The molecular weight excluding hydrogens is 250 g/mol. The van der Waals surface area contributed by atoms with Gasteiger partial charge in [0.05, 0.1) is 11.9 Å². The normalized spacial score (nSPS) is 10.6. The summed E-state index contributed by atoms with van der Waals surface area (Å²) in [7, 11) is 0. The van der Waals surface area contributed by atoms with Gasteiger partial charge in [0.25, 0.3) is 0 Å². The molecule has 0 aliphatic carbocycles. The van der Waals surface area contributed by atoms with Crippen molar-refractivity contribution in [1.29, 1.82) is 0 Å². The van der Waals surface area contributed by atoms with Gasteiger partial charge in [-0.15, -0.1) is 11.3 Å². The van der Waals surface area contributed by atoms with Crippen LogP contribution in [0.5, 0.6) is 0 Å². The van der Waals surface area contributed by atoms with Gasteiger partial charge in [-0.1, -0.05) is 0 Å². The Kier molecular flexibility index (Phi) is 3.47. The first kappa shape index (κ1) is 12.4. The summed E-state index contributed by atoms with van der Waals surface area (Å²) >= 11 is 1.37. The molecule has 0 aliphatic rings. The van der Waals surface area contributed by atoms with Crippen LogP contribution in [-0.2, 0) is 0 Å². The molecule has 0 amide bonds. The summed E-state index contributed by atoms with van der Waals surface area (Å²) in [5.41, 5.74) is 12.2. The van der Waals surface area contributed by atoms with Gasteiger partial charge < -0.3 is 21.8 Å². The second-order valence-electron chi connectivity index (χ2n) is 4.00. The van der Waals surface area contributed by atoms with Crippen molar-refractivity contribution in [2.24, 2.45) is 16.5 Å². The van der Waals surface area contributed by atoms with E-state index in [-0.39, 0.29) is 5.96 Å². The largest absolute Gasteiger partial charge is 0.370 e. The molecule has 8 heteroatoms. The second-order valence-corrected chi connectivity index (χ2v) is 4.83. The number of aliphatic imine (C=N–C) groups is 1. The van der Waals surface area contributed by atoms with Gasteiger partial charge in [0.2, 0.25) is 11.1 Å². The van der Waals surface area contributed by atoms with Crippen LogP contribution in [0.2, 0.25) is 0 Å². The Morgan fingerprint density at radius 1 is 1.50 bits per heavy atom. The van der Waals surface area contributed by atoms with Gasteiger partial charge >= 0.3 is 0 Å². The van der Waals surface area contributed by atoms with Crippen molar-refractivity contribution in [3.63, 3.8) is 0 Å². The molecule has 0 saturated carbocycles. The average Bonchev–Trinajstić information content (AvgIpc) is 2.85. The van der Waals surface area contributed by atoms with Crippen molar-refractivity contribution < 1.29 is 0 Å². The van der Waals surface area contributed by atoms with Gasteiger partial charge in [-0.25, -0.2) is 9.97 Å². The number of nitrogens with one attached hydrogen (secondary N) is 2. The van der Waals surface area contributed by atoms with Crippen molar-refractivity contribution in [2.75, 3.05) is 5.32 Å². The summed E-state index contributed by atoms with van der Waals surface area (Å²) in [5.74, 6) is 0.721. The molecule has 18 heavy (non-hydrogen) atoms. The predicted octanol–water partition coefficient (Wildman–Crippen LogP) is 1.26. The van der Waals surface area contributed by atoms with E-state index >= 15 is 0 Å². The average molecular weight is 265 g/mol. The molecule has 0 aliphatic heterocycles. The highest BCUT2D eigenvalue weighted by atomic mass is 32.1. The van der Waals surface area contributed by atoms with E-state index in [0.29, 0.717) is 11.2 Å².